The largest absolute Gasteiger partial charge is 0.504 e. The first-order valence-electron chi connectivity index (χ1n) is 4.38. The standard InChI is InChI=1S/C11H9NO3/c1-13-3-2-8-4-10-11(15-7-14-10)5-9(8)6-12/h2-5H,7H2,1H3/b3-2-. The van der Waals surface area contributed by atoms with Crippen molar-refractivity contribution >= 4 is 6.08 Å². The molecule has 1 aliphatic heterocycles. The summed E-state index contributed by atoms with van der Waals surface area (Å²) < 4.78 is 15.2. The number of hydrogen-bond acceptors (Lipinski definition) is 4. The van der Waals surface area contributed by atoms with Gasteiger partial charge in [-0.15, -0.1) is 0 Å². The molecular weight excluding hydrogens is 194 g/mol. The Hall–Kier alpha value is -2.15. The molecule has 1 aromatic carbocycles. The van der Waals surface area contributed by atoms with E-state index in [9.17, 15) is 0 Å². The molecule has 0 saturated carbocycles. The van der Waals surface area contributed by atoms with Crippen LogP contribution in [0.4, 0.5) is 0 Å². The predicted molar refractivity (Wildman–Crippen MR) is 53.3 cm³/mol. The number of fused-ring (bicyclic) bond motifs is 1. The molecule has 0 unspecified atom stereocenters. The monoisotopic (exact) mass is 203 g/mol. The lowest BCUT2D eigenvalue weighted by Crippen LogP contribution is -1.92. The Kier molecular flexibility index (Phi) is 2.46. The smallest absolute Gasteiger partial charge is 0.231 e. The van der Waals surface area contributed by atoms with E-state index in [1.807, 2.05) is 0 Å². The number of hydrogen-bond donors (Lipinski definition) is 0. The number of benzene rings is 1. The molecule has 1 heterocycles. The number of nitrogens with zero attached hydrogens (tertiary/aromatic N) is 1. The number of ether oxygens (including phenoxy) is 3. The maximum atomic E-state index is 8.93. The lowest BCUT2D eigenvalue weighted by molar-refractivity contribution is 0.174. The van der Waals surface area contributed by atoms with Crippen LogP contribution < -0.4 is 9.47 Å². The summed E-state index contributed by atoms with van der Waals surface area (Å²) in [5.74, 6) is 1.27. The molecule has 0 aliphatic carbocycles. The first kappa shape index (κ1) is 9.41. The Morgan fingerprint density at radius 2 is 2.13 bits per heavy atom. The van der Waals surface area contributed by atoms with Gasteiger partial charge in [-0.25, -0.2) is 0 Å². The average molecular weight is 203 g/mol. The van der Waals surface area contributed by atoms with Crippen molar-refractivity contribution in [2.75, 3.05) is 13.9 Å². The van der Waals surface area contributed by atoms with Gasteiger partial charge in [0.2, 0.25) is 6.79 Å². The van der Waals surface area contributed by atoms with E-state index in [0.717, 1.165) is 5.56 Å². The van der Waals surface area contributed by atoms with E-state index in [4.69, 9.17) is 19.5 Å². The van der Waals surface area contributed by atoms with Crippen LogP contribution in [0.2, 0.25) is 0 Å². The Balaban J connectivity index is 2.45. The van der Waals surface area contributed by atoms with Gasteiger partial charge in [-0.05, 0) is 17.7 Å². The Morgan fingerprint density at radius 3 is 2.80 bits per heavy atom. The van der Waals surface area contributed by atoms with Gasteiger partial charge >= 0.3 is 0 Å². The Labute approximate surface area is 87.3 Å². The van der Waals surface area contributed by atoms with E-state index in [1.54, 1.807) is 25.3 Å². The zero-order valence-electron chi connectivity index (χ0n) is 8.19. The van der Waals surface area contributed by atoms with Crippen LogP contribution in [0, 0.1) is 11.3 Å². The maximum absolute atomic E-state index is 8.93. The van der Waals surface area contributed by atoms with E-state index < -0.39 is 0 Å². The molecule has 0 fully saturated rings. The van der Waals surface area contributed by atoms with Gasteiger partial charge in [0.05, 0.1) is 25.0 Å². The van der Waals surface area contributed by atoms with Gasteiger partial charge in [-0.2, -0.15) is 5.26 Å². The Bertz CT molecular complexity index is 446. The molecule has 0 saturated heterocycles. The summed E-state index contributed by atoms with van der Waals surface area (Å²) in [6.07, 6.45) is 3.22. The zero-order valence-corrected chi connectivity index (χ0v) is 8.19. The van der Waals surface area contributed by atoms with Crippen molar-refractivity contribution < 1.29 is 14.2 Å². The molecule has 76 valence electrons. The van der Waals surface area contributed by atoms with Crippen molar-refractivity contribution in [2.24, 2.45) is 0 Å². The highest BCUT2D eigenvalue weighted by atomic mass is 16.7. The SMILES string of the molecule is CO/C=C\c1cc2c(cc1C#N)OCO2. The summed E-state index contributed by atoms with van der Waals surface area (Å²) in [4.78, 5) is 0. The average Bonchev–Trinajstić information content (AvgIpc) is 2.71. The van der Waals surface area contributed by atoms with E-state index in [-0.39, 0.29) is 6.79 Å². The van der Waals surface area contributed by atoms with Crippen LogP contribution >= 0.6 is 0 Å². The van der Waals surface area contributed by atoms with E-state index >= 15 is 0 Å². The molecule has 0 amide bonds. The molecule has 0 aromatic heterocycles. The first-order chi connectivity index (χ1) is 7.35. The van der Waals surface area contributed by atoms with Crippen LogP contribution in [0.1, 0.15) is 11.1 Å². The molecule has 1 aromatic rings. The second kappa shape index (κ2) is 3.93. The summed E-state index contributed by atoms with van der Waals surface area (Å²) in [6, 6.07) is 5.52. The van der Waals surface area contributed by atoms with Crippen molar-refractivity contribution in [1.82, 2.24) is 0 Å². The van der Waals surface area contributed by atoms with Crippen molar-refractivity contribution in [3.05, 3.63) is 29.5 Å². The minimum atomic E-state index is 0.206. The number of rotatable bonds is 2. The molecule has 0 bridgehead atoms. The van der Waals surface area contributed by atoms with Gasteiger partial charge in [-0.3, -0.25) is 0 Å². The topological polar surface area (TPSA) is 51.5 Å². The highest BCUT2D eigenvalue weighted by Gasteiger charge is 2.15. The predicted octanol–water partition coefficient (Wildman–Crippen LogP) is 1.90. The fraction of sp³-hybridized carbons (Fsp3) is 0.182. The number of nitriles is 1. The van der Waals surface area contributed by atoms with E-state index in [2.05, 4.69) is 6.07 Å². The van der Waals surface area contributed by atoms with Crippen molar-refractivity contribution in [2.45, 2.75) is 0 Å². The highest BCUT2D eigenvalue weighted by molar-refractivity contribution is 5.63. The third kappa shape index (κ3) is 1.72. The van der Waals surface area contributed by atoms with Gasteiger partial charge in [0.1, 0.15) is 0 Å². The highest BCUT2D eigenvalue weighted by Crippen LogP contribution is 2.34. The fourth-order valence-corrected chi connectivity index (χ4v) is 1.33. The molecule has 4 nitrogen and oxygen atoms in total. The third-order valence-corrected chi connectivity index (χ3v) is 2.05. The fourth-order valence-electron chi connectivity index (χ4n) is 1.33. The molecule has 0 spiro atoms. The molecule has 1 aliphatic rings. The van der Waals surface area contributed by atoms with Crippen molar-refractivity contribution in [3.8, 4) is 17.6 Å². The summed E-state index contributed by atoms with van der Waals surface area (Å²) in [7, 11) is 1.55. The van der Waals surface area contributed by atoms with Crippen LogP contribution in [0.5, 0.6) is 11.5 Å². The second-order valence-electron chi connectivity index (χ2n) is 2.94. The van der Waals surface area contributed by atoms with Crippen molar-refractivity contribution in [1.29, 1.82) is 5.26 Å². The molecule has 0 N–H and O–H groups in total. The summed E-state index contributed by atoms with van der Waals surface area (Å²) in [5.41, 5.74) is 1.29. The zero-order chi connectivity index (χ0) is 10.7. The number of methoxy groups -OCH3 is 1. The third-order valence-electron chi connectivity index (χ3n) is 2.05. The first-order valence-corrected chi connectivity index (χ1v) is 4.38. The lowest BCUT2D eigenvalue weighted by atomic mass is 10.1. The van der Waals surface area contributed by atoms with Gasteiger partial charge in [0, 0.05) is 6.07 Å². The van der Waals surface area contributed by atoms with Gasteiger partial charge in [-0.1, -0.05) is 0 Å². The Morgan fingerprint density at radius 1 is 1.40 bits per heavy atom. The van der Waals surface area contributed by atoms with Crippen LogP contribution in [-0.2, 0) is 4.74 Å². The molecule has 0 atom stereocenters. The summed E-state index contributed by atoms with van der Waals surface area (Å²) in [5, 5.41) is 8.93. The molecule has 0 radical (unpaired) electrons. The quantitative estimate of drug-likeness (QED) is 0.689. The second-order valence-corrected chi connectivity index (χ2v) is 2.94. The van der Waals surface area contributed by atoms with Crippen molar-refractivity contribution in [3.63, 3.8) is 0 Å². The molecule has 15 heavy (non-hydrogen) atoms. The summed E-state index contributed by atoms with van der Waals surface area (Å²) >= 11 is 0. The normalized spacial score (nSPS) is 12.8. The molecule has 2 rings (SSSR count). The van der Waals surface area contributed by atoms with Crippen LogP contribution in [0.15, 0.2) is 18.4 Å². The van der Waals surface area contributed by atoms with E-state index in [1.165, 1.54) is 6.26 Å². The minimum Gasteiger partial charge on any atom is -0.504 e. The maximum Gasteiger partial charge on any atom is 0.231 e. The van der Waals surface area contributed by atoms with Gasteiger partial charge < -0.3 is 14.2 Å². The van der Waals surface area contributed by atoms with Crippen LogP contribution in [-0.4, -0.2) is 13.9 Å². The lowest BCUT2D eigenvalue weighted by Gasteiger charge is -2.00. The minimum absolute atomic E-state index is 0.206. The van der Waals surface area contributed by atoms with Gasteiger partial charge in [0.15, 0.2) is 11.5 Å². The summed E-state index contributed by atoms with van der Waals surface area (Å²) in [6.45, 7) is 0.206. The van der Waals surface area contributed by atoms with E-state index in [0.29, 0.717) is 17.1 Å². The van der Waals surface area contributed by atoms with Crippen LogP contribution in [0.3, 0.4) is 0 Å². The van der Waals surface area contributed by atoms with Gasteiger partial charge in [0.25, 0.3) is 0 Å². The molecular formula is C11H9NO3. The van der Waals surface area contributed by atoms with Crippen LogP contribution in [0.25, 0.3) is 6.08 Å². The molecule has 4 heteroatoms.